The van der Waals surface area contributed by atoms with Crippen LogP contribution in [0.5, 0.6) is 5.75 Å². The molecule has 1 aromatic carbocycles. The zero-order valence-corrected chi connectivity index (χ0v) is 11.7. The van der Waals surface area contributed by atoms with Crippen molar-refractivity contribution < 1.29 is 4.74 Å². The molecule has 0 radical (unpaired) electrons. The normalized spacial score (nSPS) is 19.2. The van der Waals surface area contributed by atoms with Gasteiger partial charge >= 0.3 is 0 Å². The Kier molecular flexibility index (Phi) is 3.69. The standard InChI is InChI=1S/C15H20N4O/c1-2-19-15(17-10-18-19)8-13(16)12-7-11-5-3-4-6-14(11)20-9-12/h3-6,10,12-13H,2,7-9,16H2,1H3. The highest BCUT2D eigenvalue weighted by Crippen LogP contribution is 2.28. The van der Waals surface area contributed by atoms with Gasteiger partial charge in [-0.3, -0.25) is 4.68 Å². The van der Waals surface area contributed by atoms with Gasteiger partial charge in [0.15, 0.2) is 0 Å². The second-order valence-corrected chi connectivity index (χ2v) is 5.24. The van der Waals surface area contributed by atoms with Gasteiger partial charge in [-0.2, -0.15) is 5.10 Å². The molecule has 1 aromatic heterocycles. The minimum absolute atomic E-state index is 0.0397. The summed E-state index contributed by atoms with van der Waals surface area (Å²) in [5.41, 5.74) is 7.61. The Hall–Kier alpha value is -1.88. The lowest BCUT2D eigenvalue weighted by molar-refractivity contribution is 0.197. The Balaban J connectivity index is 1.68. The molecule has 2 aromatic rings. The molecule has 0 aliphatic carbocycles. The second kappa shape index (κ2) is 5.63. The van der Waals surface area contributed by atoms with Crippen LogP contribution in [0.25, 0.3) is 0 Å². The summed E-state index contributed by atoms with van der Waals surface area (Å²) in [6.45, 7) is 3.56. The third kappa shape index (κ3) is 2.54. The van der Waals surface area contributed by atoms with Crippen LogP contribution in [-0.2, 0) is 19.4 Å². The number of aryl methyl sites for hydroxylation is 1. The highest BCUT2D eigenvalue weighted by molar-refractivity contribution is 5.35. The van der Waals surface area contributed by atoms with Crippen molar-refractivity contribution >= 4 is 0 Å². The zero-order valence-electron chi connectivity index (χ0n) is 11.7. The van der Waals surface area contributed by atoms with Gasteiger partial charge in [0.05, 0.1) is 6.61 Å². The van der Waals surface area contributed by atoms with Gasteiger partial charge in [-0.15, -0.1) is 0 Å². The summed E-state index contributed by atoms with van der Waals surface area (Å²) in [4.78, 5) is 4.30. The van der Waals surface area contributed by atoms with E-state index >= 15 is 0 Å². The topological polar surface area (TPSA) is 66.0 Å². The van der Waals surface area contributed by atoms with E-state index in [1.807, 2.05) is 22.9 Å². The number of benzene rings is 1. The summed E-state index contributed by atoms with van der Waals surface area (Å²) in [5, 5.41) is 4.19. The molecule has 20 heavy (non-hydrogen) atoms. The molecule has 3 rings (SSSR count). The predicted octanol–water partition coefficient (Wildman–Crippen LogP) is 1.42. The van der Waals surface area contributed by atoms with E-state index < -0.39 is 0 Å². The Bertz CT molecular complexity index is 581. The first-order valence-corrected chi connectivity index (χ1v) is 7.11. The Labute approximate surface area is 118 Å². The number of ether oxygens (including phenoxy) is 1. The molecule has 2 heterocycles. The summed E-state index contributed by atoms with van der Waals surface area (Å²) in [6, 6.07) is 8.22. The molecule has 2 atom stereocenters. The number of hydrogen-bond donors (Lipinski definition) is 1. The SMILES string of the molecule is CCn1ncnc1CC(N)C1COc2ccccc2C1. The van der Waals surface area contributed by atoms with E-state index in [0.29, 0.717) is 12.5 Å². The fraction of sp³-hybridized carbons (Fsp3) is 0.467. The molecule has 0 saturated heterocycles. The molecule has 2 N–H and O–H groups in total. The van der Waals surface area contributed by atoms with Crippen molar-refractivity contribution in [3.63, 3.8) is 0 Å². The molecule has 5 nitrogen and oxygen atoms in total. The number of aromatic nitrogens is 3. The van der Waals surface area contributed by atoms with Gasteiger partial charge in [0.2, 0.25) is 0 Å². The molecule has 2 unspecified atom stereocenters. The molecule has 0 amide bonds. The number of fused-ring (bicyclic) bond motifs is 1. The number of nitrogens with two attached hydrogens (primary N) is 1. The molecule has 0 fully saturated rings. The van der Waals surface area contributed by atoms with E-state index in [4.69, 9.17) is 10.5 Å². The summed E-state index contributed by atoms with van der Waals surface area (Å²) in [7, 11) is 0. The van der Waals surface area contributed by atoms with Gasteiger partial charge in [-0.25, -0.2) is 4.98 Å². The van der Waals surface area contributed by atoms with Crippen LogP contribution in [0, 0.1) is 5.92 Å². The zero-order chi connectivity index (χ0) is 13.9. The molecule has 0 saturated carbocycles. The van der Waals surface area contributed by atoms with E-state index in [2.05, 4.69) is 23.1 Å². The third-order valence-corrected chi connectivity index (χ3v) is 3.93. The van der Waals surface area contributed by atoms with Gasteiger partial charge in [-0.1, -0.05) is 18.2 Å². The lowest BCUT2D eigenvalue weighted by Gasteiger charge is -2.29. The molecular formula is C15H20N4O. The van der Waals surface area contributed by atoms with Gasteiger partial charge in [-0.05, 0) is 25.0 Å². The molecule has 1 aliphatic rings. The first-order chi connectivity index (χ1) is 9.78. The summed E-state index contributed by atoms with van der Waals surface area (Å²) in [5.74, 6) is 2.28. The maximum absolute atomic E-state index is 6.36. The van der Waals surface area contributed by atoms with E-state index in [1.54, 1.807) is 6.33 Å². The number of para-hydroxylation sites is 1. The van der Waals surface area contributed by atoms with Gasteiger partial charge in [0.1, 0.15) is 17.9 Å². The maximum Gasteiger partial charge on any atom is 0.138 e. The lowest BCUT2D eigenvalue weighted by Crippen LogP contribution is -2.39. The van der Waals surface area contributed by atoms with Crippen molar-refractivity contribution in [2.24, 2.45) is 11.7 Å². The van der Waals surface area contributed by atoms with Gasteiger partial charge < -0.3 is 10.5 Å². The smallest absolute Gasteiger partial charge is 0.138 e. The van der Waals surface area contributed by atoms with Gasteiger partial charge in [0.25, 0.3) is 0 Å². The first-order valence-electron chi connectivity index (χ1n) is 7.11. The fourth-order valence-corrected chi connectivity index (χ4v) is 2.71. The summed E-state index contributed by atoms with van der Waals surface area (Å²) in [6.07, 6.45) is 3.31. The van der Waals surface area contributed by atoms with Crippen LogP contribution < -0.4 is 10.5 Å². The first kappa shape index (κ1) is 13.1. The van der Waals surface area contributed by atoms with Crippen molar-refractivity contribution in [1.82, 2.24) is 14.8 Å². The van der Waals surface area contributed by atoms with Crippen LogP contribution in [-0.4, -0.2) is 27.4 Å². The van der Waals surface area contributed by atoms with E-state index in [1.165, 1.54) is 5.56 Å². The lowest BCUT2D eigenvalue weighted by atomic mass is 9.89. The average molecular weight is 272 g/mol. The quantitative estimate of drug-likeness (QED) is 0.914. The van der Waals surface area contributed by atoms with E-state index in [0.717, 1.165) is 31.0 Å². The molecule has 106 valence electrons. The van der Waals surface area contributed by atoms with Gasteiger partial charge in [0, 0.05) is 24.9 Å². The van der Waals surface area contributed by atoms with Crippen molar-refractivity contribution in [3.05, 3.63) is 42.0 Å². The Morgan fingerprint density at radius 2 is 2.30 bits per heavy atom. The van der Waals surface area contributed by atoms with Crippen molar-refractivity contribution in [3.8, 4) is 5.75 Å². The average Bonchev–Trinajstić information content (AvgIpc) is 2.94. The fourth-order valence-electron chi connectivity index (χ4n) is 2.71. The summed E-state index contributed by atoms with van der Waals surface area (Å²) < 4.78 is 7.71. The van der Waals surface area contributed by atoms with E-state index in [-0.39, 0.29) is 6.04 Å². The summed E-state index contributed by atoms with van der Waals surface area (Å²) >= 11 is 0. The van der Waals surface area contributed by atoms with Crippen LogP contribution in [0.15, 0.2) is 30.6 Å². The number of hydrogen-bond acceptors (Lipinski definition) is 4. The molecular weight excluding hydrogens is 252 g/mol. The highest BCUT2D eigenvalue weighted by atomic mass is 16.5. The number of rotatable bonds is 4. The minimum atomic E-state index is 0.0397. The minimum Gasteiger partial charge on any atom is -0.493 e. The number of nitrogens with zero attached hydrogens (tertiary/aromatic N) is 3. The van der Waals surface area contributed by atoms with E-state index in [9.17, 15) is 0 Å². The third-order valence-electron chi connectivity index (χ3n) is 3.93. The molecule has 5 heteroatoms. The van der Waals surface area contributed by atoms with Crippen molar-refractivity contribution in [2.75, 3.05) is 6.61 Å². The molecule has 1 aliphatic heterocycles. The van der Waals surface area contributed by atoms with Crippen molar-refractivity contribution in [1.29, 1.82) is 0 Å². The van der Waals surface area contributed by atoms with Crippen LogP contribution >= 0.6 is 0 Å². The van der Waals surface area contributed by atoms with Crippen LogP contribution in [0.3, 0.4) is 0 Å². The second-order valence-electron chi connectivity index (χ2n) is 5.24. The van der Waals surface area contributed by atoms with Crippen LogP contribution in [0.1, 0.15) is 18.3 Å². The van der Waals surface area contributed by atoms with Crippen LogP contribution in [0.4, 0.5) is 0 Å². The molecule has 0 spiro atoms. The monoisotopic (exact) mass is 272 g/mol. The molecule has 0 bridgehead atoms. The van der Waals surface area contributed by atoms with Crippen LogP contribution in [0.2, 0.25) is 0 Å². The maximum atomic E-state index is 6.36. The van der Waals surface area contributed by atoms with Crippen molar-refractivity contribution in [2.45, 2.75) is 32.4 Å². The highest BCUT2D eigenvalue weighted by Gasteiger charge is 2.26. The largest absolute Gasteiger partial charge is 0.493 e. The Morgan fingerprint density at radius 1 is 1.45 bits per heavy atom. The Morgan fingerprint density at radius 3 is 3.15 bits per heavy atom. The predicted molar refractivity (Wildman–Crippen MR) is 76.5 cm³/mol.